The summed E-state index contributed by atoms with van der Waals surface area (Å²) in [5.74, 6) is 0. The highest BCUT2D eigenvalue weighted by Crippen LogP contribution is 1.74. The minimum absolute atomic E-state index is 0. The summed E-state index contributed by atoms with van der Waals surface area (Å²) in [6, 6.07) is 17.1. The van der Waals surface area contributed by atoms with Gasteiger partial charge in [0.15, 0.2) is 0 Å². The Morgan fingerprint density at radius 2 is 0.526 bits per heavy atom. The van der Waals surface area contributed by atoms with Gasteiger partial charge in [-0.1, -0.05) is 18.2 Å². The molecule has 4 heteroatoms. The van der Waals surface area contributed by atoms with Gasteiger partial charge >= 0.3 is 0 Å². The number of nitrogens with zero attached hydrogens (tertiary/aromatic N) is 3. The molecule has 3 rings (SSSR count). The van der Waals surface area contributed by atoms with Gasteiger partial charge in [0.25, 0.3) is 0 Å². The summed E-state index contributed by atoms with van der Waals surface area (Å²) in [6.07, 6.45) is 10.5. The van der Waals surface area contributed by atoms with Crippen LogP contribution in [-0.2, 0) is 0 Å². The van der Waals surface area contributed by atoms with E-state index in [-0.39, 0.29) is 13.5 Å². The molecule has 0 aromatic carbocycles. The topological polar surface area (TPSA) is 38.7 Å². The van der Waals surface area contributed by atoms with Crippen LogP contribution in [0.15, 0.2) is 91.8 Å². The molecule has 0 saturated heterocycles. The van der Waals surface area contributed by atoms with Gasteiger partial charge in [-0.15, -0.1) is 0 Å². The molecule has 0 aliphatic rings. The lowest BCUT2D eigenvalue weighted by molar-refractivity contribution is 1.33. The van der Waals surface area contributed by atoms with E-state index in [2.05, 4.69) is 15.0 Å². The van der Waals surface area contributed by atoms with Gasteiger partial charge < -0.3 is 0 Å². The van der Waals surface area contributed by atoms with Crippen LogP contribution in [0, 0.1) is 0 Å². The average Bonchev–Trinajstić information content (AvgIpc) is 2.54. The summed E-state index contributed by atoms with van der Waals surface area (Å²) < 4.78 is 0. The predicted molar refractivity (Wildman–Crippen MR) is 83.1 cm³/mol. The largest absolute Gasteiger partial charge is 0.265 e. The quantitative estimate of drug-likeness (QED) is 0.629. The molecule has 0 aliphatic carbocycles. The van der Waals surface area contributed by atoms with E-state index in [9.17, 15) is 0 Å². The van der Waals surface area contributed by atoms with Crippen molar-refractivity contribution < 1.29 is 0 Å². The highest BCUT2D eigenvalue weighted by atomic mass is 32.1. The zero-order chi connectivity index (χ0) is 12.7. The maximum absolute atomic E-state index is 3.78. The minimum Gasteiger partial charge on any atom is -0.265 e. The third-order valence-electron chi connectivity index (χ3n) is 1.70. The van der Waals surface area contributed by atoms with Crippen LogP contribution in [0.25, 0.3) is 0 Å². The highest BCUT2D eigenvalue weighted by molar-refractivity contribution is 7.59. The van der Waals surface area contributed by atoms with E-state index < -0.39 is 0 Å². The smallest absolute Gasteiger partial charge is 0.0267 e. The fourth-order valence-corrected chi connectivity index (χ4v) is 0.938. The Morgan fingerprint density at radius 3 is 0.579 bits per heavy atom. The first kappa shape index (κ1) is 16.8. The molecular formula is C15H17N3S. The molecular weight excluding hydrogens is 254 g/mol. The Balaban J connectivity index is 0.000000249. The third kappa shape index (κ3) is 12.1. The maximum atomic E-state index is 3.78. The van der Waals surface area contributed by atoms with Crippen molar-refractivity contribution >= 4 is 13.5 Å². The van der Waals surface area contributed by atoms with Crippen molar-refractivity contribution in [3.8, 4) is 0 Å². The molecule has 0 spiro atoms. The summed E-state index contributed by atoms with van der Waals surface area (Å²) in [5.41, 5.74) is 0. The second-order valence-electron chi connectivity index (χ2n) is 3.07. The van der Waals surface area contributed by atoms with Crippen LogP contribution in [0.5, 0.6) is 0 Å². The van der Waals surface area contributed by atoms with Gasteiger partial charge in [-0.05, 0) is 36.4 Å². The zero-order valence-electron chi connectivity index (χ0n) is 10.5. The predicted octanol–water partition coefficient (Wildman–Crippen LogP) is 3.36. The van der Waals surface area contributed by atoms with Crippen LogP contribution in [0.2, 0.25) is 0 Å². The normalized spacial score (nSPS) is 7.58. The van der Waals surface area contributed by atoms with Gasteiger partial charge in [0.1, 0.15) is 0 Å². The lowest BCUT2D eigenvalue weighted by atomic mass is 10.5. The molecule has 0 atom stereocenters. The first-order chi connectivity index (χ1) is 9.00. The van der Waals surface area contributed by atoms with E-state index in [4.69, 9.17) is 0 Å². The number of aromatic nitrogens is 3. The van der Waals surface area contributed by atoms with Crippen molar-refractivity contribution in [2.24, 2.45) is 0 Å². The van der Waals surface area contributed by atoms with Crippen molar-refractivity contribution in [1.82, 2.24) is 15.0 Å². The highest BCUT2D eigenvalue weighted by Gasteiger charge is 1.59. The molecule has 0 N–H and O–H groups in total. The van der Waals surface area contributed by atoms with Gasteiger partial charge in [0.2, 0.25) is 0 Å². The monoisotopic (exact) mass is 271 g/mol. The lowest BCUT2D eigenvalue weighted by Crippen LogP contribution is -1.58. The molecule has 3 nitrogen and oxygen atoms in total. The SMILES string of the molecule is S.c1ccncc1.c1ccncc1.c1ccncc1. The summed E-state index contributed by atoms with van der Waals surface area (Å²) in [7, 11) is 0. The number of hydrogen-bond donors (Lipinski definition) is 0. The Kier molecular flexibility index (Phi) is 12.3. The van der Waals surface area contributed by atoms with E-state index in [1.54, 1.807) is 37.2 Å². The average molecular weight is 271 g/mol. The fourth-order valence-electron chi connectivity index (χ4n) is 0.938. The van der Waals surface area contributed by atoms with Gasteiger partial charge in [-0.2, -0.15) is 13.5 Å². The number of pyridine rings is 3. The third-order valence-corrected chi connectivity index (χ3v) is 1.70. The Bertz CT molecular complexity index is 308. The zero-order valence-corrected chi connectivity index (χ0v) is 11.5. The van der Waals surface area contributed by atoms with Crippen LogP contribution >= 0.6 is 13.5 Å². The van der Waals surface area contributed by atoms with Crippen LogP contribution < -0.4 is 0 Å². The lowest BCUT2D eigenvalue weighted by Gasteiger charge is -1.70. The molecule has 0 saturated carbocycles. The Morgan fingerprint density at radius 1 is 0.316 bits per heavy atom. The molecule has 19 heavy (non-hydrogen) atoms. The molecule has 0 amide bonds. The molecule has 0 radical (unpaired) electrons. The number of rotatable bonds is 0. The summed E-state index contributed by atoms with van der Waals surface area (Å²) in [6.45, 7) is 0. The standard InChI is InChI=1S/3C5H5N.H2S/c3*1-2-4-6-5-3-1;/h3*1-5H;1H2. The summed E-state index contributed by atoms with van der Waals surface area (Å²) >= 11 is 0. The first-order valence-corrected chi connectivity index (χ1v) is 5.55. The second kappa shape index (κ2) is 13.9. The molecule has 98 valence electrons. The van der Waals surface area contributed by atoms with E-state index >= 15 is 0 Å². The minimum atomic E-state index is 0. The van der Waals surface area contributed by atoms with Crippen molar-refractivity contribution in [2.75, 3.05) is 0 Å². The Hall–Kier alpha value is -2.20. The van der Waals surface area contributed by atoms with Crippen LogP contribution in [0.4, 0.5) is 0 Å². The molecule has 0 bridgehead atoms. The molecule has 3 aromatic heterocycles. The van der Waals surface area contributed by atoms with Crippen LogP contribution in [0.3, 0.4) is 0 Å². The molecule has 0 fully saturated rings. The number of hydrogen-bond acceptors (Lipinski definition) is 3. The Labute approximate surface area is 120 Å². The van der Waals surface area contributed by atoms with Crippen molar-refractivity contribution in [3.63, 3.8) is 0 Å². The molecule has 0 unspecified atom stereocenters. The molecule has 3 aromatic rings. The van der Waals surface area contributed by atoms with Crippen LogP contribution in [0.1, 0.15) is 0 Å². The summed E-state index contributed by atoms with van der Waals surface area (Å²) in [4.78, 5) is 11.4. The van der Waals surface area contributed by atoms with Gasteiger partial charge in [-0.3, -0.25) is 15.0 Å². The first-order valence-electron chi connectivity index (χ1n) is 5.55. The van der Waals surface area contributed by atoms with E-state index in [1.165, 1.54) is 0 Å². The van der Waals surface area contributed by atoms with Crippen molar-refractivity contribution in [2.45, 2.75) is 0 Å². The molecule has 3 heterocycles. The molecule has 0 aliphatic heterocycles. The van der Waals surface area contributed by atoms with E-state index in [1.807, 2.05) is 54.6 Å². The van der Waals surface area contributed by atoms with Crippen LogP contribution in [-0.4, -0.2) is 15.0 Å². The van der Waals surface area contributed by atoms with E-state index in [0.717, 1.165) is 0 Å². The fraction of sp³-hybridized carbons (Fsp3) is 0. The maximum Gasteiger partial charge on any atom is 0.0267 e. The van der Waals surface area contributed by atoms with Gasteiger partial charge in [0.05, 0.1) is 0 Å². The van der Waals surface area contributed by atoms with Gasteiger partial charge in [-0.25, -0.2) is 0 Å². The van der Waals surface area contributed by atoms with Gasteiger partial charge in [0, 0.05) is 37.2 Å². The van der Waals surface area contributed by atoms with Crippen molar-refractivity contribution in [3.05, 3.63) is 91.8 Å². The van der Waals surface area contributed by atoms with Crippen molar-refractivity contribution in [1.29, 1.82) is 0 Å². The summed E-state index contributed by atoms with van der Waals surface area (Å²) in [5, 5.41) is 0. The second-order valence-corrected chi connectivity index (χ2v) is 3.07. The van der Waals surface area contributed by atoms with E-state index in [0.29, 0.717) is 0 Å².